The Morgan fingerprint density at radius 2 is 1.43 bits per heavy atom. The summed E-state index contributed by atoms with van der Waals surface area (Å²) in [4.78, 5) is 2.06. The van der Waals surface area contributed by atoms with Crippen LogP contribution in [0.25, 0.3) is 0 Å². The van der Waals surface area contributed by atoms with E-state index in [1.54, 1.807) is 0 Å². The van der Waals surface area contributed by atoms with Gasteiger partial charge in [0.15, 0.2) is 0 Å². The van der Waals surface area contributed by atoms with E-state index in [1.165, 1.54) is 0 Å². The zero-order chi connectivity index (χ0) is 23.3. The highest BCUT2D eigenvalue weighted by molar-refractivity contribution is 7.54. The van der Waals surface area contributed by atoms with Crippen molar-refractivity contribution < 1.29 is 18.7 Å². The van der Waals surface area contributed by atoms with Crippen molar-refractivity contribution >= 4 is 7.60 Å². The third kappa shape index (κ3) is 7.06. The molecule has 0 radical (unpaired) electrons. The molecule has 7 heteroatoms. The Kier molecular flexibility index (Phi) is 9.59. The lowest BCUT2D eigenvalue weighted by molar-refractivity contribution is 0.206. The van der Waals surface area contributed by atoms with Gasteiger partial charge in [0, 0.05) is 13.1 Å². The molecule has 1 atom stereocenters. The third-order valence-electron chi connectivity index (χ3n) is 4.90. The van der Waals surface area contributed by atoms with Crippen LogP contribution in [0, 0.1) is 0 Å². The van der Waals surface area contributed by atoms with Crippen LogP contribution < -0.4 is 5.32 Å². The minimum Gasteiger partial charge on any atom is -0.507 e. The zero-order valence-electron chi connectivity index (χ0n) is 20.6. The number of phenolic OH excluding ortho intramolecular Hbond substituents is 1. The number of nitrogens with one attached hydrogen (secondary N) is 1. The maximum absolute atomic E-state index is 13.8. The number of nitrogens with zero attached hydrogens (tertiary/aromatic N) is 1. The first-order valence-corrected chi connectivity index (χ1v) is 12.4. The molecule has 0 bridgehead atoms. The van der Waals surface area contributed by atoms with E-state index in [0.29, 0.717) is 25.5 Å². The maximum atomic E-state index is 13.8. The van der Waals surface area contributed by atoms with E-state index >= 15 is 0 Å². The summed E-state index contributed by atoms with van der Waals surface area (Å²) in [5.41, 5.74) is 1.89. The molecule has 0 aromatic heterocycles. The van der Waals surface area contributed by atoms with E-state index in [4.69, 9.17) is 9.05 Å². The van der Waals surface area contributed by atoms with E-state index in [2.05, 4.69) is 51.8 Å². The Balaban J connectivity index is 3.70. The van der Waals surface area contributed by atoms with Gasteiger partial charge >= 0.3 is 7.60 Å². The average molecular weight is 443 g/mol. The molecule has 0 heterocycles. The zero-order valence-corrected chi connectivity index (χ0v) is 21.5. The van der Waals surface area contributed by atoms with E-state index in [1.807, 2.05) is 40.1 Å². The molecule has 1 aromatic carbocycles. The fraction of sp³-hybridized carbons (Fsp3) is 0.739. The van der Waals surface area contributed by atoms with Crippen LogP contribution in [0.3, 0.4) is 0 Å². The van der Waals surface area contributed by atoms with Gasteiger partial charge < -0.3 is 19.1 Å². The molecule has 2 N–H and O–H groups in total. The second-order valence-corrected chi connectivity index (χ2v) is 12.1. The van der Waals surface area contributed by atoms with Gasteiger partial charge in [0.1, 0.15) is 11.5 Å². The number of aromatic hydroxyl groups is 1. The van der Waals surface area contributed by atoms with Crippen LogP contribution in [0.1, 0.15) is 77.9 Å². The van der Waals surface area contributed by atoms with Crippen molar-refractivity contribution in [3.63, 3.8) is 0 Å². The van der Waals surface area contributed by atoms with E-state index in [9.17, 15) is 9.67 Å². The first kappa shape index (κ1) is 27.1. The molecule has 0 saturated heterocycles. The predicted octanol–water partition coefficient (Wildman–Crippen LogP) is 5.40. The number of benzene rings is 1. The van der Waals surface area contributed by atoms with Gasteiger partial charge in [-0.05, 0) is 67.6 Å². The highest BCUT2D eigenvalue weighted by Crippen LogP contribution is 2.60. The van der Waals surface area contributed by atoms with E-state index in [-0.39, 0.29) is 10.8 Å². The van der Waals surface area contributed by atoms with Gasteiger partial charge in [-0.15, -0.1) is 0 Å². The number of phenols is 1. The van der Waals surface area contributed by atoms with Crippen LogP contribution in [-0.2, 0) is 24.4 Å². The second-order valence-electron chi connectivity index (χ2n) is 10.00. The van der Waals surface area contributed by atoms with Crippen LogP contribution in [0.5, 0.6) is 5.75 Å². The van der Waals surface area contributed by atoms with Crippen molar-refractivity contribution in [1.82, 2.24) is 10.2 Å². The lowest BCUT2D eigenvalue weighted by Gasteiger charge is -2.32. The summed E-state index contributed by atoms with van der Waals surface area (Å²) in [6.45, 7) is 18.0. The van der Waals surface area contributed by atoms with Gasteiger partial charge in [0.2, 0.25) is 0 Å². The molecule has 0 spiro atoms. The minimum atomic E-state index is -3.48. The SMILES string of the molecule is CCOP(=O)(OCC)C(NCCN(C)C)c1cc(C(C)(C)C)c(O)c(C(C)(C)C)c1. The summed E-state index contributed by atoms with van der Waals surface area (Å²) in [7, 11) is 0.513. The molecule has 0 aliphatic heterocycles. The Labute approximate surface area is 183 Å². The van der Waals surface area contributed by atoms with Gasteiger partial charge in [-0.25, -0.2) is 0 Å². The smallest absolute Gasteiger partial charge is 0.351 e. The Morgan fingerprint density at radius 1 is 1.00 bits per heavy atom. The highest BCUT2D eigenvalue weighted by atomic mass is 31.2. The lowest BCUT2D eigenvalue weighted by Crippen LogP contribution is -2.31. The maximum Gasteiger partial charge on any atom is 0.351 e. The molecule has 1 unspecified atom stereocenters. The average Bonchev–Trinajstić information content (AvgIpc) is 2.57. The van der Waals surface area contributed by atoms with Crippen LogP contribution in [-0.4, -0.2) is 50.4 Å². The first-order valence-electron chi connectivity index (χ1n) is 10.8. The molecule has 174 valence electrons. The summed E-state index contributed by atoms with van der Waals surface area (Å²) in [6.07, 6.45) is 0. The van der Waals surface area contributed by atoms with E-state index < -0.39 is 13.4 Å². The molecule has 1 aromatic rings. The van der Waals surface area contributed by atoms with Crippen LogP contribution in [0.4, 0.5) is 0 Å². The minimum absolute atomic E-state index is 0.282. The van der Waals surface area contributed by atoms with Crippen molar-refractivity contribution in [2.24, 2.45) is 0 Å². The Hall–Kier alpha value is -0.910. The number of hydrogen-bond acceptors (Lipinski definition) is 6. The normalized spacial score (nSPS) is 14.4. The molecule has 0 fully saturated rings. The molecule has 0 aliphatic rings. The van der Waals surface area contributed by atoms with Crippen LogP contribution in [0.15, 0.2) is 12.1 Å². The topological polar surface area (TPSA) is 71.0 Å². The molecular weight excluding hydrogens is 399 g/mol. The van der Waals surface area contributed by atoms with Gasteiger partial charge in [-0.2, -0.15) is 0 Å². The summed E-state index contributed by atoms with van der Waals surface area (Å²) >= 11 is 0. The van der Waals surface area contributed by atoms with Crippen molar-refractivity contribution in [3.05, 3.63) is 28.8 Å². The van der Waals surface area contributed by atoms with Crippen molar-refractivity contribution in [1.29, 1.82) is 0 Å². The highest BCUT2D eigenvalue weighted by Gasteiger charge is 2.38. The number of hydrogen-bond donors (Lipinski definition) is 2. The monoisotopic (exact) mass is 442 g/mol. The van der Waals surface area contributed by atoms with Gasteiger partial charge in [0.25, 0.3) is 0 Å². The van der Waals surface area contributed by atoms with Gasteiger partial charge in [-0.1, -0.05) is 41.5 Å². The molecule has 0 aliphatic carbocycles. The Bertz CT molecular complexity index is 691. The molecule has 0 saturated carbocycles. The summed E-state index contributed by atoms with van der Waals surface area (Å²) in [6, 6.07) is 3.89. The lowest BCUT2D eigenvalue weighted by atomic mass is 9.78. The summed E-state index contributed by atoms with van der Waals surface area (Å²) in [5, 5.41) is 14.5. The molecule has 1 rings (SSSR count). The second kappa shape index (κ2) is 10.6. The fourth-order valence-electron chi connectivity index (χ4n) is 3.34. The van der Waals surface area contributed by atoms with Gasteiger partial charge in [0.05, 0.1) is 13.2 Å². The number of likely N-dealkylation sites (N-methyl/N-ethyl adjacent to an activating group) is 1. The summed E-state index contributed by atoms with van der Waals surface area (Å²) < 4.78 is 25.3. The fourth-order valence-corrected chi connectivity index (χ4v) is 5.30. The predicted molar refractivity (Wildman–Crippen MR) is 126 cm³/mol. The molecule has 6 nitrogen and oxygen atoms in total. The van der Waals surface area contributed by atoms with Crippen molar-refractivity contribution in [2.45, 2.75) is 72.0 Å². The number of rotatable bonds is 10. The molecular formula is C23H43N2O4P. The summed E-state index contributed by atoms with van der Waals surface area (Å²) in [5.74, 6) is -0.325. The van der Waals surface area contributed by atoms with Crippen LogP contribution >= 0.6 is 7.60 Å². The quantitative estimate of drug-likeness (QED) is 0.473. The van der Waals surface area contributed by atoms with Gasteiger partial charge in [-0.3, -0.25) is 9.88 Å². The molecule has 30 heavy (non-hydrogen) atoms. The molecule has 0 amide bonds. The van der Waals surface area contributed by atoms with Crippen LogP contribution in [0.2, 0.25) is 0 Å². The van der Waals surface area contributed by atoms with E-state index in [0.717, 1.165) is 23.2 Å². The van der Waals surface area contributed by atoms with Crippen molar-refractivity contribution in [3.8, 4) is 5.75 Å². The Morgan fingerprint density at radius 3 is 1.77 bits per heavy atom. The standard InChI is InChI=1S/C23H43N2O4P/c1-11-28-30(27,29-12-2)21(24-13-14-25(9)10)17-15-18(22(3,4)5)20(26)19(16-17)23(6,7)8/h15-16,21,24,26H,11-14H2,1-10H3. The third-order valence-corrected chi connectivity index (χ3v) is 7.24. The largest absolute Gasteiger partial charge is 0.507 e. The first-order chi connectivity index (χ1) is 13.7. The van der Waals surface area contributed by atoms with Crippen molar-refractivity contribution in [2.75, 3.05) is 40.4 Å².